The highest BCUT2D eigenvalue weighted by Gasteiger charge is 2.36. The Hall–Kier alpha value is -0.750. The van der Waals surface area contributed by atoms with E-state index in [4.69, 9.17) is 15.2 Å². The van der Waals surface area contributed by atoms with Gasteiger partial charge in [-0.3, -0.25) is 4.21 Å². The first-order chi connectivity index (χ1) is 8.48. The number of ether oxygens (including phenoxy) is 2. The van der Waals surface area contributed by atoms with Crippen molar-refractivity contribution >= 4 is 10.8 Å². The molecule has 2 rings (SSSR count). The van der Waals surface area contributed by atoms with Crippen LogP contribution >= 0.6 is 0 Å². The minimum Gasteiger partial charge on any atom is -0.348 e. The van der Waals surface area contributed by atoms with E-state index in [1.165, 1.54) is 0 Å². The SMILES string of the molecule is CC1(C)OC[C@H]([C@H](N)CS(=O)c2ccccc2)O1. The molecule has 0 saturated carbocycles. The summed E-state index contributed by atoms with van der Waals surface area (Å²) in [5.74, 6) is -0.204. The summed E-state index contributed by atoms with van der Waals surface area (Å²) in [5, 5.41) is 0. The molecular formula is C13H19NO3S. The lowest BCUT2D eigenvalue weighted by molar-refractivity contribution is -0.139. The molecule has 5 heteroatoms. The summed E-state index contributed by atoms with van der Waals surface area (Å²) in [7, 11) is -1.09. The molecule has 1 unspecified atom stereocenters. The predicted molar refractivity (Wildman–Crippen MR) is 70.6 cm³/mol. The van der Waals surface area contributed by atoms with Crippen molar-refractivity contribution < 1.29 is 13.7 Å². The van der Waals surface area contributed by atoms with Gasteiger partial charge in [0.05, 0.1) is 17.4 Å². The second kappa shape index (κ2) is 5.48. The Morgan fingerprint density at radius 2 is 2.11 bits per heavy atom. The van der Waals surface area contributed by atoms with Crippen molar-refractivity contribution in [2.45, 2.75) is 36.7 Å². The molecule has 1 fully saturated rings. The Bertz CT molecular complexity index is 422. The van der Waals surface area contributed by atoms with Crippen LogP contribution in [0.25, 0.3) is 0 Å². The second-order valence-corrected chi connectivity index (χ2v) is 6.35. The summed E-state index contributed by atoms with van der Waals surface area (Å²) in [6.07, 6.45) is -0.187. The fraction of sp³-hybridized carbons (Fsp3) is 0.538. The average Bonchev–Trinajstić information content (AvgIpc) is 2.71. The van der Waals surface area contributed by atoms with E-state index in [9.17, 15) is 4.21 Å². The topological polar surface area (TPSA) is 61.5 Å². The molecule has 0 spiro atoms. The van der Waals surface area contributed by atoms with Crippen LogP contribution < -0.4 is 5.73 Å². The van der Waals surface area contributed by atoms with Crippen LogP contribution in [0.2, 0.25) is 0 Å². The normalized spacial score (nSPS) is 25.8. The van der Waals surface area contributed by atoms with E-state index in [-0.39, 0.29) is 12.1 Å². The van der Waals surface area contributed by atoms with Gasteiger partial charge in [-0.1, -0.05) is 18.2 Å². The molecule has 0 amide bonds. The zero-order valence-electron chi connectivity index (χ0n) is 10.7. The molecule has 1 aromatic carbocycles. The fourth-order valence-corrected chi connectivity index (χ4v) is 3.09. The third-order valence-corrected chi connectivity index (χ3v) is 4.34. The first-order valence-corrected chi connectivity index (χ1v) is 7.30. The third-order valence-electron chi connectivity index (χ3n) is 2.86. The minimum absolute atomic E-state index is 0.187. The average molecular weight is 269 g/mol. The maximum Gasteiger partial charge on any atom is 0.163 e. The van der Waals surface area contributed by atoms with E-state index in [2.05, 4.69) is 0 Å². The summed E-state index contributed by atoms with van der Waals surface area (Å²) in [5.41, 5.74) is 6.04. The van der Waals surface area contributed by atoms with Gasteiger partial charge in [0.25, 0.3) is 0 Å². The van der Waals surface area contributed by atoms with E-state index in [0.29, 0.717) is 12.4 Å². The maximum atomic E-state index is 12.1. The summed E-state index contributed by atoms with van der Waals surface area (Å²) < 4.78 is 23.2. The van der Waals surface area contributed by atoms with E-state index in [0.717, 1.165) is 4.90 Å². The number of nitrogens with two attached hydrogens (primary N) is 1. The highest BCUT2D eigenvalue weighted by molar-refractivity contribution is 7.85. The Kier molecular flexibility index (Phi) is 4.17. The van der Waals surface area contributed by atoms with E-state index < -0.39 is 16.6 Å². The summed E-state index contributed by atoms with van der Waals surface area (Å²) in [6.45, 7) is 4.17. The second-order valence-electron chi connectivity index (χ2n) is 4.86. The highest BCUT2D eigenvalue weighted by atomic mass is 32.2. The Morgan fingerprint density at radius 3 is 2.67 bits per heavy atom. The van der Waals surface area contributed by atoms with Gasteiger partial charge in [-0.25, -0.2) is 0 Å². The number of hydrogen-bond acceptors (Lipinski definition) is 4. The van der Waals surface area contributed by atoms with Crippen molar-refractivity contribution in [1.29, 1.82) is 0 Å². The molecule has 0 bridgehead atoms. The van der Waals surface area contributed by atoms with E-state index >= 15 is 0 Å². The highest BCUT2D eigenvalue weighted by Crippen LogP contribution is 2.24. The van der Waals surface area contributed by atoms with Crippen LogP contribution in [0, 0.1) is 0 Å². The van der Waals surface area contributed by atoms with Gasteiger partial charge >= 0.3 is 0 Å². The molecule has 1 saturated heterocycles. The zero-order chi connectivity index (χ0) is 13.2. The van der Waals surface area contributed by atoms with Crippen LogP contribution in [0.5, 0.6) is 0 Å². The van der Waals surface area contributed by atoms with Gasteiger partial charge in [-0.05, 0) is 26.0 Å². The number of hydrogen-bond donors (Lipinski definition) is 1. The number of benzene rings is 1. The molecule has 100 valence electrons. The van der Waals surface area contributed by atoms with Crippen LogP contribution in [0.15, 0.2) is 35.2 Å². The smallest absolute Gasteiger partial charge is 0.163 e. The molecule has 18 heavy (non-hydrogen) atoms. The maximum absolute atomic E-state index is 12.1. The van der Waals surface area contributed by atoms with Crippen LogP contribution in [-0.4, -0.2) is 34.5 Å². The quantitative estimate of drug-likeness (QED) is 0.894. The molecule has 2 N–H and O–H groups in total. The van der Waals surface area contributed by atoms with Crippen molar-refractivity contribution in [3.05, 3.63) is 30.3 Å². The monoisotopic (exact) mass is 269 g/mol. The Morgan fingerprint density at radius 1 is 1.44 bits per heavy atom. The molecule has 4 nitrogen and oxygen atoms in total. The number of rotatable bonds is 4. The predicted octanol–water partition coefficient (Wildman–Crippen LogP) is 1.27. The van der Waals surface area contributed by atoms with Crippen molar-refractivity contribution in [1.82, 2.24) is 0 Å². The van der Waals surface area contributed by atoms with Gasteiger partial charge in [-0.15, -0.1) is 0 Å². The van der Waals surface area contributed by atoms with Gasteiger partial charge in [0.2, 0.25) is 0 Å². The van der Waals surface area contributed by atoms with Crippen molar-refractivity contribution in [2.75, 3.05) is 12.4 Å². The van der Waals surface area contributed by atoms with Crippen LogP contribution in [0.1, 0.15) is 13.8 Å². The lowest BCUT2D eigenvalue weighted by atomic mass is 10.2. The lowest BCUT2D eigenvalue weighted by Gasteiger charge is -2.20. The summed E-state index contributed by atoms with van der Waals surface area (Å²) >= 11 is 0. The van der Waals surface area contributed by atoms with Gasteiger partial charge in [-0.2, -0.15) is 0 Å². The van der Waals surface area contributed by atoms with E-state index in [1.54, 1.807) is 0 Å². The van der Waals surface area contributed by atoms with Crippen LogP contribution in [-0.2, 0) is 20.3 Å². The first-order valence-electron chi connectivity index (χ1n) is 5.99. The van der Waals surface area contributed by atoms with E-state index in [1.807, 2.05) is 44.2 Å². The minimum atomic E-state index is -1.09. The first kappa shape index (κ1) is 13.7. The Balaban J connectivity index is 1.92. The van der Waals surface area contributed by atoms with Crippen LogP contribution in [0.4, 0.5) is 0 Å². The Labute approximate surface area is 110 Å². The standard InChI is InChI=1S/C13H19NO3S/c1-13(2)16-8-12(17-13)11(14)9-18(15)10-6-4-3-5-7-10/h3-7,11-12H,8-9,14H2,1-2H3/t11-,12-,18?/m1/s1. The molecule has 0 aliphatic carbocycles. The lowest BCUT2D eigenvalue weighted by Crippen LogP contribution is -2.41. The molecule has 0 radical (unpaired) electrons. The van der Waals surface area contributed by atoms with Crippen molar-refractivity contribution in [3.8, 4) is 0 Å². The summed E-state index contributed by atoms with van der Waals surface area (Å²) in [4.78, 5) is 0.797. The molecule has 3 atom stereocenters. The third kappa shape index (κ3) is 3.38. The summed E-state index contributed by atoms with van der Waals surface area (Å²) in [6, 6.07) is 9.05. The van der Waals surface area contributed by atoms with Gasteiger partial charge in [0.15, 0.2) is 5.79 Å². The molecule has 1 aliphatic rings. The molecule has 1 aliphatic heterocycles. The van der Waals surface area contributed by atoms with Gasteiger partial charge < -0.3 is 15.2 Å². The largest absolute Gasteiger partial charge is 0.348 e. The van der Waals surface area contributed by atoms with Gasteiger partial charge in [0.1, 0.15) is 6.10 Å². The van der Waals surface area contributed by atoms with Crippen LogP contribution in [0.3, 0.4) is 0 Å². The molecule has 0 aromatic heterocycles. The molecule has 1 aromatic rings. The van der Waals surface area contributed by atoms with Crippen molar-refractivity contribution in [3.63, 3.8) is 0 Å². The fourth-order valence-electron chi connectivity index (χ4n) is 1.88. The van der Waals surface area contributed by atoms with Gasteiger partial charge in [0, 0.05) is 16.7 Å². The molecular weight excluding hydrogens is 250 g/mol. The van der Waals surface area contributed by atoms with Crippen molar-refractivity contribution in [2.24, 2.45) is 5.73 Å². The zero-order valence-corrected chi connectivity index (χ0v) is 11.5. The molecule has 1 heterocycles.